The molecule has 54 valence electrons. The zero-order valence-electron chi connectivity index (χ0n) is 6.00. The molecule has 0 radical (unpaired) electrons. The highest BCUT2D eigenvalue weighted by molar-refractivity contribution is 5.87. The van der Waals surface area contributed by atoms with Crippen LogP contribution >= 0.6 is 0 Å². The molecule has 0 saturated carbocycles. The maximum absolute atomic E-state index is 10.9. The van der Waals surface area contributed by atoms with E-state index in [1.807, 2.05) is 17.9 Å². The fourth-order valence-electron chi connectivity index (χ4n) is 1.11. The van der Waals surface area contributed by atoms with Crippen LogP contribution in [0.25, 0.3) is 0 Å². The number of carbonyl (C=O) groups excluding carboxylic acids is 1. The van der Waals surface area contributed by atoms with Gasteiger partial charge in [0.05, 0.1) is 12.6 Å². The van der Waals surface area contributed by atoms with Gasteiger partial charge in [0, 0.05) is 6.54 Å². The van der Waals surface area contributed by atoms with E-state index >= 15 is 0 Å². The van der Waals surface area contributed by atoms with Gasteiger partial charge in [-0.2, -0.15) is 5.26 Å². The average Bonchev–Trinajstić information content (AvgIpc) is 2.30. The summed E-state index contributed by atoms with van der Waals surface area (Å²) in [4.78, 5) is 12.9. The molecule has 0 aromatic heterocycles. The third kappa shape index (κ3) is 1.17. The molecule has 1 aliphatic heterocycles. The predicted molar refractivity (Wildman–Crippen MR) is 36.2 cm³/mol. The van der Waals surface area contributed by atoms with Gasteiger partial charge in [-0.25, -0.2) is 0 Å². The first-order valence-electron chi connectivity index (χ1n) is 3.42. The van der Waals surface area contributed by atoms with Crippen molar-refractivity contribution in [2.45, 2.75) is 6.92 Å². The number of carbonyl (C=O) groups is 1. The van der Waals surface area contributed by atoms with Crippen molar-refractivity contribution < 1.29 is 4.79 Å². The molecule has 0 N–H and O–H groups in total. The molecule has 1 heterocycles. The highest BCUT2D eigenvalue weighted by atomic mass is 16.1. The summed E-state index contributed by atoms with van der Waals surface area (Å²) in [6.07, 6.45) is 0. The summed E-state index contributed by atoms with van der Waals surface area (Å²) in [5.74, 6) is -0.288. The van der Waals surface area contributed by atoms with E-state index in [-0.39, 0.29) is 11.7 Å². The largest absolute Gasteiger partial charge is 0.297 e. The van der Waals surface area contributed by atoms with Crippen molar-refractivity contribution in [3.63, 3.8) is 0 Å². The maximum atomic E-state index is 10.9. The van der Waals surface area contributed by atoms with Gasteiger partial charge in [0.1, 0.15) is 5.92 Å². The predicted octanol–water partition coefficient (Wildman–Crippen LogP) is 0.0308. The topological polar surface area (TPSA) is 44.1 Å². The van der Waals surface area contributed by atoms with Crippen LogP contribution in [0.15, 0.2) is 0 Å². The first-order chi connectivity index (χ1) is 4.77. The molecule has 1 saturated heterocycles. The number of rotatable bonds is 1. The lowest BCUT2D eigenvalue weighted by Crippen LogP contribution is -2.19. The third-order valence-electron chi connectivity index (χ3n) is 1.81. The molecule has 1 atom stereocenters. The second kappa shape index (κ2) is 2.80. The molecule has 0 aromatic carbocycles. The normalized spacial score (nSPS) is 26.8. The fraction of sp³-hybridized carbons (Fsp3) is 0.714. The van der Waals surface area contributed by atoms with E-state index in [9.17, 15) is 4.79 Å². The van der Waals surface area contributed by atoms with Crippen LogP contribution in [0.5, 0.6) is 0 Å². The summed E-state index contributed by atoms with van der Waals surface area (Å²) < 4.78 is 0. The number of ketones is 1. The third-order valence-corrected chi connectivity index (χ3v) is 1.81. The number of nitriles is 1. The standard InChI is InChI=1S/C7H10N2O/c1-2-9-4-6(3-8)7(10)5-9/h6H,2,4-5H2,1H3/t6-/m0/s1. The summed E-state index contributed by atoms with van der Waals surface area (Å²) in [5.41, 5.74) is 0. The van der Waals surface area contributed by atoms with Crippen molar-refractivity contribution in [3.8, 4) is 6.07 Å². The molecule has 10 heavy (non-hydrogen) atoms. The average molecular weight is 138 g/mol. The van der Waals surface area contributed by atoms with Crippen molar-refractivity contribution in [2.24, 2.45) is 5.92 Å². The number of likely N-dealkylation sites (N-methyl/N-ethyl adjacent to an activating group) is 1. The van der Waals surface area contributed by atoms with Gasteiger partial charge < -0.3 is 0 Å². The molecule has 0 aliphatic carbocycles. The van der Waals surface area contributed by atoms with Gasteiger partial charge in [-0.1, -0.05) is 6.92 Å². The SMILES string of the molecule is CCN1CC(=O)[C@@H](C#N)C1. The minimum absolute atomic E-state index is 0.0735. The van der Waals surface area contributed by atoms with Crippen molar-refractivity contribution >= 4 is 5.78 Å². The second-order valence-electron chi connectivity index (χ2n) is 2.48. The minimum Gasteiger partial charge on any atom is -0.297 e. The Bertz CT molecular complexity index is 183. The second-order valence-corrected chi connectivity index (χ2v) is 2.48. The van der Waals surface area contributed by atoms with E-state index in [4.69, 9.17) is 5.26 Å². The lowest BCUT2D eigenvalue weighted by atomic mass is 10.1. The Morgan fingerprint density at radius 3 is 2.90 bits per heavy atom. The van der Waals surface area contributed by atoms with Crippen LogP contribution in [0.1, 0.15) is 6.92 Å². The van der Waals surface area contributed by atoms with Gasteiger partial charge >= 0.3 is 0 Å². The van der Waals surface area contributed by atoms with Crippen LogP contribution in [0.3, 0.4) is 0 Å². The highest BCUT2D eigenvalue weighted by Crippen LogP contribution is 2.10. The zero-order chi connectivity index (χ0) is 7.56. The Hall–Kier alpha value is -0.880. The highest BCUT2D eigenvalue weighted by Gasteiger charge is 2.29. The van der Waals surface area contributed by atoms with Crippen LogP contribution in [0.2, 0.25) is 0 Å². The molecule has 3 heteroatoms. The fourth-order valence-corrected chi connectivity index (χ4v) is 1.11. The molecule has 1 fully saturated rings. The first kappa shape index (κ1) is 7.23. The molecule has 0 spiro atoms. The lowest BCUT2D eigenvalue weighted by Gasteiger charge is -2.07. The first-order valence-corrected chi connectivity index (χ1v) is 3.42. The maximum Gasteiger partial charge on any atom is 0.165 e. The molecule has 3 nitrogen and oxygen atoms in total. The van der Waals surface area contributed by atoms with Crippen molar-refractivity contribution in [1.29, 1.82) is 5.26 Å². The number of likely N-dealkylation sites (tertiary alicyclic amines) is 1. The van der Waals surface area contributed by atoms with Crippen molar-refractivity contribution in [1.82, 2.24) is 4.90 Å². The molecule has 0 aromatic rings. The van der Waals surface area contributed by atoms with Crippen LogP contribution in [-0.4, -0.2) is 30.3 Å². The van der Waals surface area contributed by atoms with E-state index in [0.29, 0.717) is 13.1 Å². The Morgan fingerprint density at radius 1 is 1.90 bits per heavy atom. The quantitative estimate of drug-likeness (QED) is 0.513. The van der Waals surface area contributed by atoms with E-state index in [1.165, 1.54) is 0 Å². The molecular weight excluding hydrogens is 128 g/mol. The molecule has 0 unspecified atom stereocenters. The Kier molecular flexibility index (Phi) is 2.03. The Labute approximate surface area is 60.2 Å². The monoisotopic (exact) mass is 138 g/mol. The number of hydrogen-bond donors (Lipinski definition) is 0. The molecule has 0 amide bonds. The summed E-state index contributed by atoms with van der Waals surface area (Å²) in [6.45, 7) is 3.96. The van der Waals surface area contributed by atoms with Gasteiger partial charge in [0.15, 0.2) is 5.78 Å². The summed E-state index contributed by atoms with van der Waals surface area (Å²) in [6, 6.07) is 1.99. The smallest absolute Gasteiger partial charge is 0.165 e. The zero-order valence-corrected chi connectivity index (χ0v) is 6.00. The van der Waals surface area contributed by atoms with E-state index < -0.39 is 0 Å². The van der Waals surface area contributed by atoms with Crippen molar-refractivity contribution in [3.05, 3.63) is 0 Å². The molecular formula is C7H10N2O. The molecule has 1 rings (SSSR count). The summed E-state index contributed by atoms with van der Waals surface area (Å²) in [5, 5.41) is 8.45. The van der Waals surface area contributed by atoms with Crippen molar-refractivity contribution in [2.75, 3.05) is 19.6 Å². The van der Waals surface area contributed by atoms with Gasteiger partial charge in [0.25, 0.3) is 0 Å². The number of hydrogen-bond acceptors (Lipinski definition) is 3. The number of Topliss-reactive ketones (excluding diaryl/α,β-unsaturated/α-hetero) is 1. The van der Waals surface area contributed by atoms with Crippen LogP contribution in [0, 0.1) is 17.2 Å². The van der Waals surface area contributed by atoms with Crippen LogP contribution in [-0.2, 0) is 4.79 Å². The van der Waals surface area contributed by atoms with Gasteiger partial charge in [-0.3, -0.25) is 9.69 Å². The molecule has 0 bridgehead atoms. The number of nitrogens with zero attached hydrogens (tertiary/aromatic N) is 2. The molecule has 1 aliphatic rings. The van der Waals surface area contributed by atoms with Gasteiger partial charge in [-0.05, 0) is 6.54 Å². The van der Waals surface area contributed by atoms with E-state index in [2.05, 4.69) is 0 Å². The Balaban J connectivity index is 2.54. The van der Waals surface area contributed by atoms with Gasteiger partial charge in [-0.15, -0.1) is 0 Å². The minimum atomic E-state index is -0.361. The summed E-state index contributed by atoms with van der Waals surface area (Å²) in [7, 11) is 0. The summed E-state index contributed by atoms with van der Waals surface area (Å²) >= 11 is 0. The van der Waals surface area contributed by atoms with E-state index in [0.717, 1.165) is 6.54 Å². The van der Waals surface area contributed by atoms with Gasteiger partial charge in [0.2, 0.25) is 0 Å². The lowest BCUT2D eigenvalue weighted by molar-refractivity contribution is -0.118. The van der Waals surface area contributed by atoms with E-state index in [1.54, 1.807) is 0 Å². The Morgan fingerprint density at radius 2 is 2.60 bits per heavy atom. The van der Waals surface area contributed by atoms with Crippen LogP contribution in [0.4, 0.5) is 0 Å². The van der Waals surface area contributed by atoms with Crippen LogP contribution < -0.4 is 0 Å².